The number of benzene rings is 3. The molecule has 3 aromatic carbocycles. The Morgan fingerprint density at radius 2 is 1.32 bits per heavy atom. The van der Waals surface area contributed by atoms with Gasteiger partial charge in [-0.15, -0.1) is 0 Å². The molecule has 0 saturated heterocycles. The molecule has 0 spiro atoms. The van der Waals surface area contributed by atoms with Crippen molar-refractivity contribution in [3.8, 4) is 11.1 Å². The van der Waals surface area contributed by atoms with Crippen LogP contribution in [0.5, 0.6) is 0 Å². The minimum Gasteiger partial charge on any atom is -0.225 e. The first-order valence-corrected chi connectivity index (χ1v) is 8.46. The molecule has 0 saturated carbocycles. The lowest BCUT2D eigenvalue weighted by atomic mass is 9.98. The van der Waals surface area contributed by atoms with E-state index in [2.05, 4.69) is 42.5 Å². The number of carbonyl (C=O) groups excluding carboxylic acids is 1. The lowest BCUT2D eigenvalue weighted by molar-refractivity contribution is -0.122. The number of hydrogen-bond donors (Lipinski definition) is 0. The summed E-state index contributed by atoms with van der Waals surface area (Å²) in [6.07, 6.45) is 1.98. The van der Waals surface area contributed by atoms with E-state index in [-0.39, 0.29) is 10.4 Å². The zero-order valence-corrected chi connectivity index (χ0v) is 14.4. The van der Waals surface area contributed by atoms with Crippen LogP contribution in [0.25, 0.3) is 17.2 Å². The third-order valence-corrected chi connectivity index (χ3v) is 5.02. The predicted molar refractivity (Wildman–Crippen MR) is 104 cm³/mol. The van der Waals surface area contributed by atoms with Gasteiger partial charge in [-0.1, -0.05) is 42.5 Å². The normalized spacial score (nSPS) is 19.3. The van der Waals surface area contributed by atoms with Gasteiger partial charge in [0.15, 0.2) is 5.69 Å². The molecule has 1 aliphatic heterocycles. The van der Waals surface area contributed by atoms with Gasteiger partial charge < -0.3 is 0 Å². The Bertz CT molecular complexity index is 970. The first-order chi connectivity index (χ1) is 12.1. The average Bonchev–Trinajstić information content (AvgIpc) is 2.67. The molecule has 25 heavy (non-hydrogen) atoms. The summed E-state index contributed by atoms with van der Waals surface area (Å²) in [5.74, 6) is 0.117. The number of fused-ring (bicyclic) bond motifs is 1. The summed E-state index contributed by atoms with van der Waals surface area (Å²) in [6, 6.07) is 26.7. The lowest BCUT2D eigenvalue weighted by Gasteiger charge is -2.34. The van der Waals surface area contributed by atoms with Crippen molar-refractivity contribution < 1.29 is 4.79 Å². The molecule has 4 rings (SSSR count). The fourth-order valence-electron chi connectivity index (χ4n) is 3.61. The van der Waals surface area contributed by atoms with Crippen molar-refractivity contribution in [3.63, 3.8) is 0 Å². The highest BCUT2D eigenvalue weighted by atomic mass is 16.2. The molecule has 0 radical (unpaired) electrons. The Balaban J connectivity index is 1.83. The van der Waals surface area contributed by atoms with Crippen LogP contribution in [0, 0.1) is 0 Å². The lowest BCUT2D eigenvalue weighted by Crippen LogP contribution is -2.48. The van der Waals surface area contributed by atoms with Crippen LogP contribution in [0.4, 0.5) is 11.4 Å². The fourth-order valence-corrected chi connectivity index (χ4v) is 3.61. The van der Waals surface area contributed by atoms with E-state index < -0.39 is 0 Å². The van der Waals surface area contributed by atoms with Gasteiger partial charge in [-0.3, -0.25) is 0 Å². The highest BCUT2D eigenvalue weighted by Gasteiger charge is 2.42. The first kappa shape index (κ1) is 15.6. The SMILES string of the molecule is CC1=Cc2ccccc2[N+](C)(c2ccc(-c3ccccc3)cc2)C1=O. The van der Waals surface area contributed by atoms with E-state index in [9.17, 15) is 4.79 Å². The molecule has 3 aromatic rings. The molecule has 1 atom stereocenters. The third-order valence-electron chi connectivity index (χ3n) is 5.02. The van der Waals surface area contributed by atoms with Crippen molar-refractivity contribution in [2.24, 2.45) is 0 Å². The van der Waals surface area contributed by atoms with Crippen LogP contribution in [0.1, 0.15) is 12.5 Å². The zero-order valence-electron chi connectivity index (χ0n) is 14.4. The van der Waals surface area contributed by atoms with E-state index in [1.54, 1.807) is 0 Å². The van der Waals surface area contributed by atoms with Crippen molar-refractivity contribution in [2.75, 3.05) is 7.05 Å². The Morgan fingerprint density at radius 3 is 2.04 bits per heavy atom. The molecular formula is C23H20NO+. The van der Waals surface area contributed by atoms with Crippen LogP contribution in [-0.4, -0.2) is 13.0 Å². The molecule has 0 bridgehead atoms. The Kier molecular flexibility index (Phi) is 3.63. The minimum atomic E-state index is 0.117. The standard InChI is InChI=1S/C23H20NO/c1-17-16-20-10-6-7-11-22(20)24(2,23(17)25)21-14-12-19(13-15-21)18-8-4-3-5-9-18/h3-16H,1-2H3/q+1. The van der Waals surface area contributed by atoms with Crippen LogP contribution in [0.3, 0.4) is 0 Å². The quantitative estimate of drug-likeness (QED) is 0.563. The monoisotopic (exact) mass is 326 g/mol. The topological polar surface area (TPSA) is 17.1 Å². The van der Waals surface area contributed by atoms with Crippen molar-refractivity contribution in [1.29, 1.82) is 0 Å². The van der Waals surface area contributed by atoms with Gasteiger partial charge in [-0.05, 0) is 42.3 Å². The summed E-state index contributed by atoms with van der Waals surface area (Å²) in [7, 11) is 1.98. The minimum absolute atomic E-state index is 0.117. The number of likely N-dealkylation sites (N-methyl/N-ethyl adjacent to an activating group) is 1. The molecule has 1 amide bonds. The van der Waals surface area contributed by atoms with E-state index in [0.29, 0.717) is 0 Å². The molecule has 1 unspecified atom stereocenters. The van der Waals surface area contributed by atoms with Crippen LogP contribution in [0.2, 0.25) is 0 Å². The van der Waals surface area contributed by atoms with E-state index in [0.717, 1.165) is 28.1 Å². The summed E-state index contributed by atoms with van der Waals surface area (Å²) in [4.78, 5) is 13.1. The molecule has 0 aromatic heterocycles. The number of rotatable bonds is 2. The molecule has 2 heteroatoms. The van der Waals surface area contributed by atoms with Gasteiger partial charge in [-0.2, -0.15) is 4.48 Å². The van der Waals surface area contributed by atoms with Crippen LogP contribution < -0.4 is 4.48 Å². The Labute approximate surface area is 148 Å². The molecule has 1 heterocycles. The van der Waals surface area contributed by atoms with E-state index in [1.807, 2.05) is 56.4 Å². The second kappa shape index (κ2) is 5.83. The van der Waals surface area contributed by atoms with Gasteiger partial charge >= 0.3 is 5.91 Å². The van der Waals surface area contributed by atoms with E-state index in [4.69, 9.17) is 0 Å². The highest BCUT2D eigenvalue weighted by molar-refractivity contribution is 6.11. The molecule has 0 fully saturated rings. The average molecular weight is 326 g/mol. The van der Waals surface area contributed by atoms with E-state index >= 15 is 0 Å². The Hall–Kier alpha value is -2.97. The third kappa shape index (κ3) is 2.43. The first-order valence-electron chi connectivity index (χ1n) is 8.46. The van der Waals surface area contributed by atoms with Crippen molar-refractivity contribution >= 4 is 23.4 Å². The van der Waals surface area contributed by atoms with Gasteiger partial charge in [0.1, 0.15) is 5.69 Å². The molecular weight excluding hydrogens is 306 g/mol. The van der Waals surface area contributed by atoms with Crippen molar-refractivity contribution in [3.05, 3.63) is 90.0 Å². The summed E-state index contributed by atoms with van der Waals surface area (Å²) < 4.78 is 0.174. The molecule has 0 aliphatic carbocycles. The maximum absolute atomic E-state index is 13.1. The molecule has 1 aliphatic rings. The number of hydrogen-bond acceptors (Lipinski definition) is 1. The van der Waals surface area contributed by atoms with Crippen molar-refractivity contribution in [2.45, 2.75) is 6.92 Å². The second-order valence-electron chi connectivity index (χ2n) is 6.61. The highest BCUT2D eigenvalue weighted by Crippen LogP contribution is 2.41. The second-order valence-corrected chi connectivity index (χ2v) is 6.61. The predicted octanol–water partition coefficient (Wildman–Crippen LogP) is 5.57. The van der Waals surface area contributed by atoms with Gasteiger partial charge in [-0.25, -0.2) is 4.79 Å². The molecule has 0 N–H and O–H groups in total. The summed E-state index contributed by atoms with van der Waals surface area (Å²) in [5.41, 5.74) is 6.22. The largest absolute Gasteiger partial charge is 0.351 e. The summed E-state index contributed by atoms with van der Waals surface area (Å²) in [6.45, 7) is 1.90. The number of amides is 1. The maximum Gasteiger partial charge on any atom is 0.351 e. The molecule has 122 valence electrons. The maximum atomic E-state index is 13.1. The fraction of sp³-hybridized carbons (Fsp3) is 0.0870. The van der Waals surface area contributed by atoms with Gasteiger partial charge in [0.2, 0.25) is 0 Å². The number of quaternary nitrogens is 1. The summed E-state index contributed by atoms with van der Waals surface area (Å²) >= 11 is 0. The van der Waals surface area contributed by atoms with E-state index in [1.165, 1.54) is 5.56 Å². The van der Waals surface area contributed by atoms with Gasteiger partial charge in [0, 0.05) is 23.8 Å². The van der Waals surface area contributed by atoms with Crippen LogP contribution in [-0.2, 0) is 4.79 Å². The van der Waals surface area contributed by atoms with Crippen LogP contribution in [0.15, 0.2) is 84.4 Å². The Morgan fingerprint density at radius 1 is 0.720 bits per heavy atom. The molecule has 2 nitrogen and oxygen atoms in total. The smallest absolute Gasteiger partial charge is 0.225 e. The van der Waals surface area contributed by atoms with Gasteiger partial charge in [0.25, 0.3) is 0 Å². The van der Waals surface area contributed by atoms with Crippen molar-refractivity contribution in [1.82, 2.24) is 4.48 Å². The summed E-state index contributed by atoms with van der Waals surface area (Å²) in [5, 5.41) is 0. The number of nitrogens with zero attached hydrogens (tertiary/aromatic N) is 1. The van der Waals surface area contributed by atoms with Gasteiger partial charge in [0.05, 0.1) is 12.6 Å². The number of carbonyl (C=O) groups is 1. The van der Waals surface area contributed by atoms with Crippen LogP contribution >= 0.6 is 0 Å². The zero-order chi connectivity index (χ0) is 17.4. The number of para-hydroxylation sites is 1.